The Morgan fingerprint density at radius 3 is 1.81 bits per heavy atom. The van der Waals surface area contributed by atoms with Crippen molar-refractivity contribution in [3.05, 3.63) is 38.1 Å². The second-order valence-electron chi connectivity index (χ2n) is 8.17. The monoisotopic (exact) mass is 570 g/mol. The van der Waals surface area contributed by atoms with E-state index in [4.69, 9.17) is 9.47 Å². The Balaban J connectivity index is 3.61. The molecule has 0 fully saturated rings. The first-order valence-corrected chi connectivity index (χ1v) is 20.7. The number of esters is 2. The van der Waals surface area contributed by atoms with Crippen LogP contribution < -0.4 is 0 Å². The van der Waals surface area contributed by atoms with E-state index in [1.165, 1.54) is 11.3 Å². The molecule has 1 heterocycles. The third kappa shape index (κ3) is 9.05. The van der Waals surface area contributed by atoms with Crippen LogP contribution in [0.3, 0.4) is 0 Å². The molecule has 32 heavy (non-hydrogen) atoms. The Morgan fingerprint density at radius 2 is 1.38 bits per heavy atom. The molecule has 1 aromatic heterocycles. The zero-order valence-electron chi connectivity index (χ0n) is 20.7. The van der Waals surface area contributed by atoms with E-state index in [9.17, 15) is 9.59 Å². The number of ether oxygens (including phenoxy) is 2. The Morgan fingerprint density at radius 1 is 0.844 bits per heavy atom. The topological polar surface area (TPSA) is 52.6 Å². The van der Waals surface area contributed by atoms with Crippen molar-refractivity contribution in [1.82, 2.24) is 0 Å². The summed E-state index contributed by atoms with van der Waals surface area (Å²) in [5, 5.41) is 1.95. The minimum atomic E-state index is -3.05. The molecule has 0 N–H and O–H groups in total. The summed E-state index contributed by atoms with van der Waals surface area (Å²) in [6.07, 6.45) is 10.6. The third-order valence-corrected chi connectivity index (χ3v) is 22.2. The molecule has 0 atom stereocenters. The number of hydrogen-bond acceptors (Lipinski definition) is 5. The van der Waals surface area contributed by atoms with E-state index in [0.29, 0.717) is 18.8 Å². The molecule has 0 bridgehead atoms. The van der Waals surface area contributed by atoms with Gasteiger partial charge in [-0.2, -0.15) is 0 Å². The summed E-state index contributed by atoms with van der Waals surface area (Å²) in [7, 11) is 0. The molecule has 0 aliphatic heterocycles. The second kappa shape index (κ2) is 16.5. The summed E-state index contributed by atoms with van der Waals surface area (Å²) in [5.74, 6) is -0.511. The van der Waals surface area contributed by atoms with E-state index >= 15 is 0 Å². The summed E-state index contributed by atoms with van der Waals surface area (Å²) in [4.78, 5) is 26.9. The number of carbonyl (C=O) groups is 2. The van der Waals surface area contributed by atoms with Crippen LogP contribution in [0, 0.1) is 0 Å². The molecule has 0 unspecified atom stereocenters. The quantitative estimate of drug-likeness (QED) is 0.0892. The number of allylic oxidation sites excluding steroid dienone is 2. The maximum absolute atomic E-state index is 13.3. The van der Waals surface area contributed by atoms with Crippen LogP contribution in [-0.2, 0) is 19.1 Å². The van der Waals surface area contributed by atoms with Crippen molar-refractivity contribution in [1.29, 1.82) is 0 Å². The van der Waals surface area contributed by atoms with Crippen molar-refractivity contribution < 1.29 is 19.1 Å². The molecular weight excluding hydrogens is 527 g/mol. The summed E-state index contributed by atoms with van der Waals surface area (Å²) in [6.45, 7) is 11.0. The van der Waals surface area contributed by atoms with Gasteiger partial charge in [-0.1, -0.05) is 0 Å². The molecule has 0 aliphatic rings. The average Bonchev–Trinajstić information content (AvgIpc) is 3.31. The number of hydrogen-bond donors (Lipinski definition) is 0. The summed E-state index contributed by atoms with van der Waals surface area (Å²) < 4.78 is 15.3. The standard InChI is InChI=1S/C14H15O4S.3C4H9.Sn/c1-3-17-13(15)9-5-7-11(14(16)18-4-2)12-8-6-10-19-12;3*1-3-4-2;/h5-8,10H,3-4H2,1-2H3;3*1,3-4H2,2H3;/b9-5?,11-7-;;;;. The van der Waals surface area contributed by atoms with Crippen LogP contribution in [0.1, 0.15) is 78.0 Å². The van der Waals surface area contributed by atoms with Crippen molar-refractivity contribution >= 4 is 47.2 Å². The van der Waals surface area contributed by atoms with Crippen LogP contribution in [-0.4, -0.2) is 43.5 Å². The van der Waals surface area contributed by atoms with Gasteiger partial charge in [0.2, 0.25) is 0 Å². The molecule has 0 saturated carbocycles. The van der Waals surface area contributed by atoms with Gasteiger partial charge in [0.15, 0.2) is 0 Å². The van der Waals surface area contributed by atoms with Crippen molar-refractivity contribution in [2.24, 2.45) is 0 Å². The Labute approximate surface area is 203 Å². The van der Waals surface area contributed by atoms with E-state index in [1.54, 1.807) is 0 Å². The molecular formula is C26H42O4SSn. The van der Waals surface area contributed by atoms with Crippen LogP contribution in [0.4, 0.5) is 0 Å². The van der Waals surface area contributed by atoms with E-state index in [0.717, 1.165) is 60.3 Å². The molecule has 1 rings (SSSR count). The predicted molar refractivity (Wildman–Crippen MR) is 139 cm³/mol. The van der Waals surface area contributed by atoms with E-state index in [1.807, 2.05) is 43.5 Å². The number of thiophene rings is 1. The van der Waals surface area contributed by atoms with Gasteiger partial charge >= 0.3 is 204 Å². The van der Waals surface area contributed by atoms with Gasteiger partial charge in [0.05, 0.1) is 0 Å². The van der Waals surface area contributed by atoms with Crippen LogP contribution >= 0.6 is 11.3 Å². The van der Waals surface area contributed by atoms with Crippen molar-refractivity contribution in [2.75, 3.05) is 13.2 Å². The molecule has 0 saturated heterocycles. The third-order valence-electron chi connectivity index (χ3n) is 5.79. The number of rotatable bonds is 16. The SMILES string of the molecule is CCC[CH2][Sn]([CH2]CCC)([CH2]CCC)/[C](=C\C=C(/C(=O)OCC)c1cccs1)C(=O)OCC. The van der Waals surface area contributed by atoms with Gasteiger partial charge in [-0.25, -0.2) is 0 Å². The summed E-state index contributed by atoms with van der Waals surface area (Å²) in [6, 6.07) is 3.85. The second-order valence-corrected chi connectivity index (χ2v) is 22.2. The first-order valence-electron chi connectivity index (χ1n) is 12.3. The van der Waals surface area contributed by atoms with E-state index in [-0.39, 0.29) is 11.9 Å². The molecule has 4 nitrogen and oxygen atoms in total. The van der Waals surface area contributed by atoms with Crippen molar-refractivity contribution in [2.45, 2.75) is 86.5 Å². The first-order chi connectivity index (χ1) is 15.5. The van der Waals surface area contributed by atoms with Crippen LogP contribution in [0.2, 0.25) is 13.3 Å². The van der Waals surface area contributed by atoms with Crippen molar-refractivity contribution in [3.8, 4) is 0 Å². The van der Waals surface area contributed by atoms with Gasteiger partial charge in [0, 0.05) is 0 Å². The average molecular weight is 569 g/mol. The number of carbonyl (C=O) groups excluding carboxylic acids is 2. The van der Waals surface area contributed by atoms with Gasteiger partial charge in [-0.3, -0.25) is 0 Å². The van der Waals surface area contributed by atoms with Gasteiger partial charge in [-0.15, -0.1) is 0 Å². The Hall–Kier alpha value is -1.08. The molecule has 0 aliphatic carbocycles. The summed E-state index contributed by atoms with van der Waals surface area (Å²) in [5.41, 5.74) is 0.519. The molecule has 0 amide bonds. The molecule has 6 heteroatoms. The minimum absolute atomic E-state index is 0.169. The molecule has 1 aromatic rings. The molecule has 0 aromatic carbocycles. The zero-order chi connectivity index (χ0) is 23.8. The molecule has 0 radical (unpaired) electrons. The van der Waals surface area contributed by atoms with Crippen LogP contribution in [0.25, 0.3) is 5.57 Å². The molecule has 0 spiro atoms. The first kappa shape index (κ1) is 29.0. The Kier molecular flexibility index (Phi) is 14.9. The fraction of sp³-hybridized carbons (Fsp3) is 0.615. The number of unbranched alkanes of at least 4 members (excludes halogenated alkanes) is 3. The Bertz CT molecular complexity index is 715. The fourth-order valence-corrected chi connectivity index (χ4v) is 20.7. The van der Waals surface area contributed by atoms with E-state index in [2.05, 4.69) is 20.8 Å². The van der Waals surface area contributed by atoms with E-state index < -0.39 is 18.4 Å². The normalized spacial score (nSPS) is 12.7. The van der Waals surface area contributed by atoms with Gasteiger partial charge in [0.25, 0.3) is 0 Å². The molecule has 180 valence electrons. The fourth-order valence-electron chi connectivity index (χ4n) is 4.05. The van der Waals surface area contributed by atoms with Crippen LogP contribution in [0.15, 0.2) is 33.3 Å². The van der Waals surface area contributed by atoms with Gasteiger partial charge in [0.1, 0.15) is 0 Å². The maximum atomic E-state index is 13.3. The zero-order valence-corrected chi connectivity index (χ0v) is 24.4. The van der Waals surface area contributed by atoms with Gasteiger partial charge < -0.3 is 0 Å². The van der Waals surface area contributed by atoms with Crippen molar-refractivity contribution in [3.63, 3.8) is 0 Å². The summed E-state index contributed by atoms with van der Waals surface area (Å²) >= 11 is -1.55. The van der Waals surface area contributed by atoms with Crippen LogP contribution in [0.5, 0.6) is 0 Å². The predicted octanol–water partition coefficient (Wildman–Crippen LogP) is 7.57. The van der Waals surface area contributed by atoms with Gasteiger partial charge in [-0.05, 0) is 0 Å².